The van der Waals surface area contributed by atoms with Gasteiger partial charge in [-0.15, -0.1) is 0 Å². The zero-order chi connectivity index (χ0) is 19.6. The van der Waals surface area contributed by atoms with E-state index in [4.69, 9.17) is 4.42 Å². The number of carbonyl (C=O) groups excluding carboxylic acids is 1. The van der Waals surface area contributed by atoms with Crippen LogP contribution in [0, 0.1) is 0 Å². The number of fused-ring (bicyclic) bond motifs is 2. The standard InChI is InChI=1S/C25H20N2O2/c28-25(26-12-11-17-16-27-24-10-4-3-8-21(17)24)23-15-18(14-19-6-5-13-29-19)20-7-1-2-9-22(20)23/h1-10,13-16,27H,11-12H2,(H,26,28)/b18-14+. The number of hydrogen-bond donors (Lipinski definition) is 2. The van der Waals surface area contributed by atoms with Crippen molar-refractivity contribution in [3.63, 3.8) is 0 Å². The van der Waals surface area contributed by atoms with Crippen LogP contribution in [0.15, 0.2) is 83.6 Å². The third kappa shape index (κ3) is 3.29. The third-order valence-electron chi connectivity index (χ3n) is 5.27. The third-order valence-corrected chi connectivity index (χ3v) is 5.27. The van der Waals surface area contributed by atoms with E-state index in [0.717, 1.165) is 34.4 Å². The van der Waals surface area contributed by atoms with Crippen LogP contribution in [0.5, 0.6) is 0 Å². The van der Waals surface area contributed by atoms with Crippen LogP contribution in [0.4, 0.5) is 0 Å². The molecule has 2 aromatic heterocycles. The Kier molecular flexibility index (Phi) is 4.37. The zero-order valence-electron chi connectivity index (χ0n) is 15.8. The number of carbonyl (C=O) groups is 1. The Balaban J connectivity index is 1.34. The molecule has 142 valence electrons. The minimum Gasteiger partial charge on any atom is -0.465 e. The molecule has 1 amide bonds. The summed E-state index contributed by atoms with van der Waals surface area (Å²) < 4.78 is 5.44. The van der Waals surface area contributed by atoms with Crippen LogP contribution in [-0.2, 0) is 11.2 Å². The van der Waals surface area contributed by atoms with Crippen LogP contribution < -0.4 is 5.32 Å². The fourth-order valence-corrected chi connectivity index (χ4v) is 3.86. The molecule has 1 aliphatic carbocycles. The van der Waals surface area contributed by atoms with E-state index in [0.29, 0.717) is 12.1 Å². The minimum absolute atomic E-state index is 0.0554. The van der Waals surface area contributed by atoms with Gasteiger partial charge in [-0.2, -0.15) is 0 Å². The van der Waals surface area contributed by atoms with Gasteiger partial charge in [0, 0.05) is 29.2 Å². The van der Waals surface area contributed by atoms with Crippen molar-refractivity contribution in [2.24, 2.45) is 0 Å². The quantitative estimate of drug-likeness (QED) is 0.509. The number of rotatable bonds is 5. The van der Waals surface area contributed by atoms with E-state index in [1.54, 1.807) is 6.26 Å². The zero-order valence-corrected chi connectivity index (χ0v) is 15.8. The predicted octanol–water partition coefficient (Wildman–Crippen LogP) is 5.06. The van der Waals surface area contributed by atoms with Crippen LogP contribution >= 0.6 is 0 Å². The number of hydrogen-bond acceptors (Lipinski definition) is 2. The van der Waals surface area contributed by atoms with Crippen molar-refractivity contribution in [3.8, 4) is 0 Å². The van der Waals surface area contributed by atoms with Crippen molar-refractivity contribution in [2.45, 2.75) is 6.42 Å². The van der Waals surface area contributed by atoms with Gasteiger partial charge in [-0.25, -0.2) is 0 Å². The van der Waals surface area contributed by atoms with E-state index in [2.05, 4.69) is 22.4 Å². The normalized spacial score (nSPS) is 14.2. The van der Waals surface area contributed by atoms with Crippen LogP contribution in [0.2, 0.25) is 0 Å². The van der Waals surface area contributed by atoms with Crippen LogP contribution in [0.1, 0.15) is 22.5 Å². The topological polar surface area (TPSA) is 58.0 Å². The Morgan fingerprint density at radius 2 is 1.83 bits per heavy atom. The lowest BCUT2D eigenvalue weighted by molar-refractivity contribution is -0.115. The first-order chi connectivity index (χ1) is 14.3. The summed E-state index contributed by atoms with van der Waals surface area (Å²) in [5.41, 5.74) is 6.00. The number of furan rings is 1. The molecular formula is C25H20N2O2. The molecule has 2 heterocycles. The molecule has 0 atom stereocenters. The molecule has 4 heteroatoms. The molecule has 0 fully saturated rings. The van der Waals surface area contributed by atoms with Gasteiger partial charge in [0.05, 0.1) is 6.26 Å². The second-order valence-electron chi connectivity index (χ2n) is 7.08. The molecule has 4 aromatic rings. The highest BCUT2D eigenvalue weighted by atomic mass is 16.3. The lowest BCUT2D eigenvalue weighted by atomic mass is 10.0. The van der Waals surface area contributed by atoms with Crippen molar-refractivity contribution < 1.29 is 9.21 Å². The first kappa shape index (κ1) is 17.3. The monoisotopic (exact) mass is 380 g/mol. The van der Waals surface area contributed by atoms with Crippen LogP contribution in [-0.4, -0.2) is 17.4 Å². The molecule has 0 unspecified atom stereocenters. The number of aromatic nitrogens is 1. The van der Waals surface area contributed by atoms with E-state index in [-0.39, 0.29) is 5.91 Å². The number of aromatic amines is 1. The second-order valence-corrected chi connectivity index (χ2v) is 7.08. The number of H-pyrrole nitrogens is 1. The molecule has 1 aliphatic rings. The maximum Gasteiger partial charge on any atom is 0.251 e. The van der Waals surface area contributed by atoms with E-state index in [1.807, 2.05) is 66.9 Å². The Labute approximate surface area is 168 Å². The van der Waals surface area contributed by atoms with Gasteiger partial charge in [0.25, 0.3) is 5.91 Å². The molecule has 5 rings (SSSR count). The average molecular weight is 380 g/mol. The highest BCUT2D eigenvalue weighted by Gasteiger charge is 2.23. The maximum absolute atomic E-state index is 12.9. The van der Waals surface area contributed by atoms with Gasteiger partial charge < -0.3 is 14.7 Å². The summed E-state index contributed by atoms with van der Waals surface area (Å²) in [6, 6.07) is 19.9. The first-order valence-corrected chi connectivity index (χ1v) is 9.69. The van der Waals surface area contributed by atoms with Gasteiger partial charge in [-0.3, -0.25) is 4.79 Å². The minimum atomic E-state index is -0.0554. The predicted molar refractivity (Wildman–Crippen MR) is 116 cm³/mol. The van der Waals surface area contributed by atoms with Gasteiger partial charge in [-0.05, 0) is 59.0 Å². The lowest BCUT2D eigenvalue weighted by Gasteiger charge is -2.07. The summed E-state index contributed by atoms with van der Waals surface area (Å²) >= 11 is 0. The number of para-hydroxylation sites is 1. The van der Waals surface area contributed by atoms with Gasteiger partial charge in [0.1, 0.15) is 5.76 Å². The Morgan fingerprint density at radius 1 is 1.00 bits per heavy atom. The van der Waals surface area contributed by atoms with Crippen molar-refractivity contribution in [1.82, 2.24) is 10.3 Å². The number of allylic oxidation sites excluding steroid dienone is 2. The van der Waals surface area contributed by atoms with Crippen molar-refractivity contribution in [1.29, 1.82) is 0 Å². The van der Waals surface area contributed by atoms with Crippen LogP contribution in [0.25, 0.3) is 28.1 Å². The van der Waals surface area contributed by atoms with Gasteiger partial charge in [-0.1, -0.05) is 42.5 Å². The summed E-state index contributed by atoms with van der Waals surface area (Å²) in [7, 11) is 0. The lowest BCUT2D eigenvalue weighted by Crippen LogP contribution is -2.26. The Hall–Kier alpha value is -3.79. The summed E-state index contributed by atoms with van der Waals surface area (Å²) in [4.78, 5) is 16.2. The number of nitrogens with one attached hydrogen (secondary N) is 2. The summed E-state index contributed by atoms with van der Waals surface area (Å²) in [5, 5.41) is 4.28. The summed E-state index contributed by atoms with van der Waals surface area (Å²) in [6.07, 6.45) is 8.35. The Morgan fingerprint density at radius 3 is 2.69 bits per heavy atom. The fraction of sp³-hybridized carbons (Fsp3) is 0.0800. The van der Waals surface area contributed by atoms with Crippen molar-refractivity contribution in [2.75, 3.05) is 6.54 Å². The van der Waals surface area contributed by atoms with Crippen LogP contribution in [0.3, 0.4) is 0 Å². The average Bonchev–Trinajstić information content (AvgIpc) is 3.48. The van der Waals surface area contributed by atoms with Gasteiger partial charge in [0.2, 0.25) is 0 Å². The number of amides is 1. The maximum atomic E-state index is 12.9. The molecule has 0 bridgehead atoms. The van der Waals surface area contributed by atoms with E-state index in [9.17, 15) is 4.79 Å². The van der Waals surface area contributed by atoms with Gasteiger partial charge >= 0.3 is 0 Å². The highest BCUT2D eigenvalue weighted by Crippen LogP contribution is 2.36. The molecule has 0 saturated carbocycles. The molecule has 2 N–H and O–H groups in total. The van der Waals surface area contributed by atoms with Crippen molar-refractivity contribution in [3.05, 3.63) is 102 Å². The highest BCUT2D eigenvalue weighted by molar-refractivity contribution is 6.26. The van der Waals surface area contributed by atoms with E-state index < -0.39 is 0 Å². The summed E-state index contributed by atoms with van der Waals surface area (Å²) in [6.45, 7) is 0.581. The first-order valence-electron chi connectivity index (χ1n) is 9.69. The number of benzene rings is 2. The largest absolute Gasteiger partial charge is 0.465 e. The summed E-state index contributed by atoms with van der Waals surface area (Å²) in [5.74, 6) is 0.715. The van der Waals surface area contributed by atoms with E-state index in [1.165, 1.54) is 10.9 Å². The van der Waals surface area contributed by atoms with E-state index >= 15 is 0 Å². The fourth-order valence-electron chi connectivity index (χ4n) is 3.86. The molecule has 0 spiro atoms. The molecule has 4 nitrogen and oxygen atoms in total. The molecular weight excluding hydrogens is 360 g/mol. The SMILES string of the molecule is O=C(NCCc1c[nH]c2ccccc12)C1=C/C(=C\c2ccco2)c2ccccc21. The van der Waals surface area contributed by atoms with Gasteiger partial charge in [0.15, 0.2) is 0 Å². The second kappa shape index (κ2) is 7.32. The van der Waals surface area contributed by atoms with Crippen molar-refractivity contribution >= 4 is 34.0 Å². The molecule has 29 heavy (non-hydrogen) atoms. The smallest absolute Gasteiger partial charge is 0.251 e. The Bertz CT molecular complexity index is 1240. The molecule has 2 aromatic carbocycles. The molecule has 0 radical (unpaired) electrons. The molecule has 0 saturated heterocycles. The molecule has 0 aliphatic heterocycles.